The van der Waals surface area contributed by atoms with Gasteiger partial charge in [0.15, 0.2) is 0 Å². The lowest BCUT2D eigenvalue weighted by Gasteiger charge is -2.24. The molecule has 2 rings (SSSR count). The van der Waals surface area contributed by atoms with Gasteiger partial charge in [-0.05, 0) is 39.0 Å². The van der Waals surface area contributed by atoms with Crippen LogP contribution in [0.15, 0.2) is 0 Å². The Bertz CT molecular complexity index is 351. The number of carbonyl (C=O) groups excluding carboxylic acids is 1. The van der Waals surface area contributed by atoms with Gasteiger partial charge in [0.05, 0.1) is 11.5 Å². The highest BCUT2D eigenvalue weighted by Gasteiger charge is 2.41. The summed E-state index contributed by atoms with van der Waals surface area (Å²) in [5.74, 6) is -0.738. The maximum absolute atomic E-state index is 12.1. The summed E-state index contributed by atoms with van der Waals surface area (Å²) in [7, 11) is 0. The molecule has 1 N–H and O–H groups in total. The van der Waals surface area contributed by atoms with E-state index in [0.29, 0.717) is 25.9 Å². The van der Waals surface area contributed by atoms with Crippen molar-refractivity contribution in [2.75, 3.05) is 19.7 Å². The predicted octanol–water partition coefficient (Wildman–Crippen LogP) is 1.66. The average Bonchev–Trinajstić information content (AvgIpc) is 2.81. The topological polar surface area (TPSA) is 66.8 Å². The van der Waals surface area contributed by atoms with E-state index in [0.717, 1.165) is 25.9 Å². The van der Waals surface area contributed by atoms with Crippen molar-refractivity contribution < 1.29 is 19.4 Å². The molecule has 2 fully saturated rings. The van der Waals surface area contributed by atoms with Crippen LogP contribution in [0, 0.1) is 5.41 Å². The van der Waals surface area contributed by atoms with E-state index in [1.54, 1.807) is 11.8 Å². The van der Waals surface area contributed by atoms with Crippen molar-refractivity contribution in [2.24, 2.45) is 5.41 Å². The Morgan fingerprint density at radius 3 is 2.79 bits per heavy atom. The molecule has 2 unspecified atom stereocenters. The Morgan fingerprint density at radius 1 is 1.42 bits per heavy atom. The molecular weight excluding hydrogens is 246 g/mol. The summed E-state index contributed by atoms with van der Waals surface area (Å²) in [6.45, 7) is 3.42. The third-order valence-electron chi connectivity index (χ3n) is 4.30. The van der Waals surface area contributed by atoms with Crippen LogP contribution >= 0.6 is 0 Å². The zero-order valence-corrected chi connectivity index (χ0v) is 11.6. The van der Waals surface area contributed by atoms with E-state index in [1.165, 1.54) is 6.42 Å². The second-order valence-electron chi connectivity index (χ2n) is 5.96. The molecule has 2 aliphatic heterocycles. The maximum atomic E-state index is 12.1. The molecule has 0 radical (unpaired) electrons. The molecule has 2 heterocycles. The number of carboxylic acid groups (broad SMARTS) is 1. The van der Waals surface area contributed by atoms with Crippen molar-refractivity contribution in [2.45, 2.75) is 51.6 Å². The van der Waals surface area contributed by atoms with Gasteiger partial charge in [-0.15, -0.1) is 0 Å². The first-order valence-electron chi connectivity index (χ1n) is 7.14. The fraction of sp³-hybridized carbons (Fsp3) is 0.857. The van der Waals surface area contributed by atoms with Crippen LogP contribution in [0.1, 0.15) is 45.4 Å². The summed E-state index contributed by atoms with van der Waals surface area (Å²) >= 11 is 0. The smallest absolute Gasteiger partial charge is 0.311 e. The minimum Gasteiger partial charge on any atom is -0.481 e. The van der Waals surface area contributed by atoms with Crippen LogP contribution in [0.3, 0.4) is 0 Å². The third kappa shape index (κ3) is 3.47. The van der Waals surface area contributed by atoms with Crippen LogP contribution in [0.2, 0.25) is 0 Å². The Hall–Kier alpha value is -1.10. The van der Waals surface area contributed by atoms with Crippen molar-refractivity contribution in [3.05, 3.63) is 0 Å². The van der Waals surface area contributed by atoms with Gasteiger partial charge >= 0.3 is 5.97 Å². The third-order valence-corrected chi connectivity index (χ3v) is 4.30. The lowest BCUT2D eigenvalue weighted by molar-refractivity contribution is -0.147. The summed E-state index contributed by atoms with van der Waals surface area (Å²) < 4.78 is 5.61. The quantitative estimate of drug-likeness (QED) is 0.843. The molecule has 0 aliphatic carbocycles. The maximum Gasteiger partial charge on any atom is 0.311 e. The first-order valence-corrected chi connectivity index (χ1v) is 7.14. The molecule has 2 atom stereocenters. The highest BCUT2D eigenvalue weighted by Crippen LogP contribution is 2.30. The Morgan fingerprint density at radius 2 is 2.21 bits per heavy atom. The molecule has 0 aromatic rings. The second kappa shape index (κ2) is 5.90. The molecule has 2 saturated heterocycles. The minimum absolute atomic E-state index is 0.0687. The first kappa shape index (κ1) is 14.3. The number of carbonyl (C=O) groups is 2. The highest BCUT2D eigenvalue weighted by atomic mass is 16.5. The van der Waals surface area contributed by atoms with Crippen LogP contribution in [-0.2, 0) is 14.3 Å². The van der Waals surface area contributed by atoms with Gasteiger partial charge in [-0.1, -0.05) is 0 Å². The molecule has 5 heteroatoms. The van der Waals surface area contributed by atoms with Gasteiger partial charge in [0.2, 0.25) is 5.91 Å². The summed E-state index contributed by atoms with van der Waals surface area (Å²) in [4.78, 5) is 24.9. The summed E-state index contributed by atoms with van der Waals surface area (Å²) in [6, 6.07) is 0. The molecule has 0 bridgehead atoms. The van der Waals surface area contributed by atoms with E-state index >= 15 is 0 Å². The van der Waals surface area contributed by atoms with Crippen LogP contribution in [-0.4, -0.2) is 47.7 Å². The van der Waals surface area contributed by atoms with Gasteiger partial charge in [-0.2, -0.15) is 0 Å². The number of hydrogen-bond acceptors (Lipinski definition) is 3. The van der Waals surface area contributed by atoms with Gasteiger partial charge in [-0.3, -0.25) is 9.59 Å². The number of ether oxygens (including phenoxy) is 1. The molecule has 19 heavy (non-hydrogen) atoms. The standard InChI is InChI=1S/C14H23NO4/c1-14(13(17)18)7-8-15(10-14)12(16)6-5-11-4-2-3-9-19-11/h11H,2-10H2,1H3,(H,17,18). The van der Waals surface area contributed by atoms with Crippen molar-refractivity contribution in [1.29, 1.82) is 0 Å². The summed E-state index contributed by atoms with van der Waals surface area (Å²) in [5.41, 5.74) is -0.767. The predicted molar refractivity (Wildman–Crippen MR) is 69.8 cm³/mol. The lowest BCUT2D eigenvalue weighted by Crippen LogP contribution is -2.35. The van der Waals surface area contributed by atoms with Crippen molar-refractivity contribution in [1.82, 2.24) is 4.90 Å². The Kier molecular flexibility index (Phi) is 4.45. The Labute approximate surface area is 113 Å². The number of hydrogen-bond donors (Lipinski definition) is 1. The molecule has 0 saturated carbocycles. The zero-order valence-electron chi connectivity index (χ0n) is 11.6. The summed E-state index contributed by atoms with van der Waals surface area (Å²) in [6.07, 6.45) is 5.34. The number of rotatable bonds is 4. The molecule has 2 aliphatic rings. The monoisotopic (exact) mass is 269 g/mol. The van der Waals surface area contributed by atoms with Gasteiger partial charge in [0, 0.05) is 26.1 Å². The van der Waals surface area contributed by atoms with E-state index in [1.807, 2.05) is 0 Å². The average molecular weight is 269 g/mol. The molecule has 0 aromatic carbocycles. The number of amides is 1. The van der Waals surface area contributed by atoms with Gasteiger partial charge in [0.25, 0.3) is 0 Å². The largest absolute Gasteiger partial charge is 0.481 e. The normalized spacial score (nSPS) is 31.4. The molecule has 108 valence electrons. The van der Waals surface area contributed by atoms with Crippen LogP contribution in [0.5, 0.6) is 0 Å². The van der Waals surface area contributed by atoms with Crippen molar-refractivity contribution in [3.8, 4) is 0 Å². The molecule has 0 aromatic heterocycles. The summed E-state index contributed by atoms with van der Waals surface area (Å²) in [5, 5.41) is 9.15. The number of aliphatic carboxylic acids is 1. The zero-order chi connectivity index (χ0) is 13.9. The molecular formula is C14H23NO4. The first-order chi connectivity index (χ1) is 9.01. The van der Waals surface area contributed by atoms with Gasteiger partial charge in [0.1, 0.15) is 0 Å². The number of nitrogens with zero attached hydrogens (tertiary/aromatic N) is 1. The van der Waals surface area contributed by atoms with Gasteiger partial charge in [-0.25, -0.2) is 0 Å². The van der Waals surface area contributed by atoms with Crippen molar-refractivity contribution >= 4 is 11.9 Å². The SMILES string of the molecule is CC1(C(=O)O)CCN(C(=O)CCC2CCCCO2)C1. The Balaban J connectivity index is 1.76. The minimum atomic E-state index is -0.807. The van der Waals surface area contributed by atoms with E-state index in [-0.39, 0.29) is 12.0 Å². The lowest BCUT2D eigenvalue weighted by atomic mass is 9.90. The second-order valence-corrected chi connectivity index (χ2v) is 5.96. The fourth-order valence-corrected chi connectivity index (χ4v) is 2.83. The van der Waals surface area contributed by atoms with Crippen LogP contribution in [0.25, 0.3) is 0 Å². The van der Waals surface area contributed by atoms with E-state index < -0.39 is 11.4 Å². The molecule has 0 spiro atoms. The number of carboxylic acids is 1. The van der Waals surface area contributed by atoms with Crippen LogP contribution < -0.4 is 0 Å². The van der Waals surface area contributed by atoms with E-state index in [2.05, 4.69) is 0 Å². The number of likely N-dealkylation sites (tertiary alicyclic amines) is 1. The van der Waals surface area contributed by atoms with Crippen LogP contribution in [0.4, 0.5) is 0 Å². The van der Waals surface area contributed by atoms with E-state index in [9.17, 15) is 9.59 Å². The highest BCUT2D eigenvalue weighted by molar-refractivity contribution is 5.80. The molecule has 5 nitrogen and oxygen atoms in total. The molecule has 1 amide bonds. The van der Waals surface area contributed by atoms with E-state index in [4.69, 9.17) is 9.84 Å². The van der Waals surface area contributed by atoms with Crippen molar-refractivity contribution in [3.63, 3.8) is 0 Å². The van der Waals surface area contributed by atoms with Gasteiger partial charge < -0.3 is 14.7 Å². The fourth-order valence-electron chi connectivity index (χ4n) is 2.83.